The Morgan fingerprint density at radius 3 is 1.79 bits per heavy atom. The average Bonchev–Trinajstić information content (AvgIpc) is 3.67. The number of aliphatic carboxylic acids is 1. The van der Waals surface area contributed by atoms with Crippen molar-refractivity contribution >= 4 is 45.5 Å². The number of H-pyrrole nitrogens is 2. The molecule has 48 heavy (non-hydrogen) atoms. The molecule has 0 fully saturated rings. The number of hydrogen-bond donors (Lipinski definition) is 8. The molecule has 0 radical (unpaired) electrons. The average molecular weight is 653 g/mol. The number of carbonyl (C=O) groups excluding carboxylic acids is 3. The lowest BCUT2D eigenvalue weighted by Crippen LogP contribution is -2.59. The number of phenols is 1. The number of fused-ring (bicyclic) bond motifs is 2. The molecule has 0 aliphatic carbocycles. The molecule has 9 N–H and O–H groups in total. The second-order valence-corrected chi connectivity index (χ2v) is 12.3. The summed E-state index contributed by atoms with van der Waals surface area (Å²) >= 11 is 0. The van der Waals surface area contributed by atoms with Crippen molar-refractivity contribution in [2.45, 2.75) is 57.3 Å². The van der Waals surface area contributed by atoms with E-state index in [1.165, 1.54) is 12.1 Å². The van der Waals surface area contributed by atoms with E-state index in [2.05, 4.69) is 25.9 Å². The summed E-state index contributed by atoms with van der Waals surface area (Å²) in [5.41, 5.74) is 10.4. The van der Waals surface area contributed by atoms with Gasteiger partial charge in [0.05, 0.1) is 6.04 Å². The molecule has 250 valence electrons. The second-order valence-electron chi connectivity index (χ2n) is 12.3. The van der Waals surface area contributed by atoms with Crippen LogP contribution in [0.3, 0.4) is 0 Å². The zero-order valence-corrected chi connectivity index (χ0v) is 26.7. The van der Waals surface area contributed by atoms with Crippen molar-refractivity contribution in [1.29, 1.82) is 0 Å². The van der Waals surface area contributed by atoms with Crippen LogP contribution in [0.15, 0.2) is 85.2 Å². The molecule has 0 bridgehead atoms. The van der Waals surface area contributed by atoms with Gasteiger partial charge in [0.1, 0.15) is 23.9 Å². The van der Waals surface area contributed by atoms with Crippen LogP contribution in [-0.2, 0) is 38.4 Å². The molecular formula is C36H40N6O6. The first-order valence-electron chi connectivity index (χ1n) is 15.8. The predicted molar refractivity (Wildman–Crippen MR) is 182 cm³/mol. The fourth-order valence-electron chi connectivity index (χ4n) is 5.76. The maximum atomic E-state index is 13.9. The number of aromatic hydroxyl groups is 1. The van der Waals surface area contributed by atoms with Gasteiger partial charge in [-0.2, -0.15) is 0 Å². The maximum Gasteiger partial charge on any atom is 0.326 e. The summed E-state index contributed by atoms with van der Waals surface area (Å²) in [6.45, 7) is 3.45. The molecule has 3 amide bonds. The van der Waals surface area contributed by atoms with E-state index < -0.39 is 53.8 Å². The second kappa shape index (κ2) is 14.9. The zero-order valence-electron chi connectivity index (χ0n) is 26.7. The van der Waals surface area contributed by atoms with Gasteiger partial charge in [-0.15, -0.1) is 0 Å². The Bertz CT molecular complexity index is 1910. The van der Waals surface area contributed by atoms with Crippen LogP contribution in [-0.4, -0.2) is 68.0 Å². The van der Waals surface area contributed by atoms with Gasteiger partial charge >= 0.3 is 5.97 Å². The minimum atomic E-state index is -1.29. The van der Waals surface area contributed by atoms with Crippen LogP contribution in [0.1, 0.15) is 30.5 Å². The van der Waals surface area contributed by atoms with Gasteiger partial charge in [0.25, 0.3) is 0 Å². The summed E-state index contributed by atoms with van der Waals surface area (Å²) in [5, 5.41) is 29.3. The van der Waals surface area contributed by atoms with Crippen molar-refractivity contribution in [3.05, 3.63) is 102 Å². The van der Waals surface area contributed by atoms with E-state index in [0.717, 1.165) is 32.9 Å². The van der Waals surface area contributed by atoms with Crippen LogP contribution < -0.4 is 21.7 Å². The van der Waals surface area contributed by atoms with Crippen molar-refractivity contribution in [2.24, 2.45) is 11.7 Å². The molecule has 5 rings (SSSR count). The van der Waals surface area contributed by atoms with E-state index in [0.29, 0.717) is 5.56 Å². The standard InChI is InChI=1S/C36H40N6O6/c1-20(2)32(35(46)41-31(36(47)48)15-21-11-13-24(43)14-12-21)42-34(45)30(17-23-19-39-29-10-6-4-8-26(23)29)40-33(44)27(37)16-22-18-38-28-9-5-3-7-25(22)28/h3-14,18-20,27,30-32,38-39,43H,15-17,37H2,1-2H3,(H,40,44)(H,41,46)(H,42,45)(H,47,48). The smallest absolute Gasteiger partial charge is 0.326 e. The minimum absolute atomic E-state index is 0.0328. The molecule has 4 unspecified atom stereocenters. The fraction of sp³-hybridized carbons (Fsp3) is 0.278. The summed E-state index contributed by atoms with van der Waals surface area (Å²) in [5.74, 6) is -3.48. The quantitative estimate of drug-likeness (QED) is 0.0901. The van der Waals surface area contributed by atoms with E-state index in [-0.39, 0.29) is 25.0 Å². The zero-order chi connectivity index (χ0) is 34.4. The van der Waals surface area contributed by atoms with Gasteiger partial charge in [0.15, 0.2) is 0 Å². The minimum Gasteiger partial charge on any atom is -0.508 e. The van der Waals surface area contributed by atoms with Crippen LogP contribution in [0.2, 0.25) is 0 Å². The van der Waals surface area contributed by atoms with Crippen LogP contribution in [0.25, 0.3) is 21.8 Å². The number of benzene rings is 3. The van der Waals surface area contributed by atoms with Crippen LogP contribution >= 0.6 is 0 Å². The van der Waals surface area contributed by atoms with Gasteiger partial charge in [0, 0.05) is 47.0 Å². The number of aromatic nitrogens is 2. The van der Waals surface area contributed by atoms with Gasteiger partial charge in [-0.3, -0.25) is 14.4 Å². The third-order valence-electron chi connectivity index (χ3n) is 8.42. The first-order chi connectivity index (χ1) is 23.0. The van der Waals surface area contributed by atoms with Crippen LogP contribution in [0.5, 0.6) is 5.75 Å². The third-order valence-corrected chi connectivity index (χ3v) is 8.42. The van der Waals surface area contributed by atoms with E-state index in [1.807, 2.05) is 54.7 Å². The highest BCUT2D eigenvalue weighted by molar-refractivity contribution is 5.95. The first-order valence-corrected chi connectivity index (χ1v) is 15.8. The lowest BCUT2D eigenvalue weighted by Gasteiger charge is -2.27. The molecule has 12 nitrogen and oxygen atoms in total. The Morgan fingerprint density at radius 2 is 1.23 bits per heavy atom. The largest absolute Gasteiger partial charge is 0.508 e. The van der Waals surface area contributed by atoms with Gasteiger partial charge in [0.2, 0.25) is 17.7 Å². The van der Waals surface area contributed by atoms with Gasteiger partial charge in [-0.05, 0) is 53.3 Å². The SMILES string of the molecule is CC(C)C(NC(=O)C(Cc1c[nH]c2ccccc12)NC(=O)C(N)Cc1c[nH]c2ccccc12)C(=O)NC(Cc1ccc(O)cc1)C(=O)O. The Kier molecular flexibility index (Phi) is 10.4. The molecule has 0 saturated carbocycles. The summed E-state index contributed by atoms with van der Waals surface area (Å²) in [6, 6.07) is 16.8. The fourth-order valence-corrected chi connectivity index (χ4v) is 5.76. The van der Waals surface area contributed by atoms with Crippen LogP contribution in [0.4, 0.5) is 0 Å². The summed E-state index contributed by atoms with van der Waals surface area (Å²) < 4.78 is 0. The number of carboxylic acid groups (broad SMARTS) is 1. The third kappa shape index (κ3) is 8.02. The van der Waals surface area contributed by atoms with E-state index >= 15 is 0 Å². The van der Waals surface area contributed by atoms with Crippen LogP contribution in [0, 0.1) is 5.92 Å². The highest BCUT2D eigenvalue weighted by Gasteiger charge is 2.32. The number of nitrogens with one attached hydrogen (secondary N) is 5. The molecule has 2 aromatic heterocycles. The number of aromatic amines is 2. The molecule has 0 aliphatic heterocycles. The number of carboxylic acids is 1. The number of phenolic OH excluding ortho intramolecular Hbond substituents is 1. The summed E-state index contributed by atoms with van der Waals surface area (Å²) in [6.07, 6.45) is 3.88. The van der Waals surface area contributed by atoms with Gasteiger partial charge in [-0.1, -0.05) is 62.4 Å². The van der Waals surface area contributed by atoms with Gasteiger partial charge in [-0.25, -0.2) is 4.79 Å². The Balaban J connectivity index is 1.33. The molecule has 5 aromatic rings. The lowest BCUT2D eigenvalue weighted by atomic mass is 9.99. The molecule has 0 saturated heterocycles. The molecule has 12 heteroatoms. The number of rotatable bonds is 14. The lowest BCUT2D eigenvalue weighted by molar-refractivity contribution is -0.142. The maximum absolute atomic E-state index is 13.9. The highest BCUT2D eigenvalue weighted by atomic mass is 16.4. The van der Waals surface area contributed by atoms with Crippen molar-refractivity contribution < 1.29 is 29.4 Å². The molecule has 4 atom stereocenters. The Morgan fingerprint density at radius 1 is 0.688 bits per heavy atom. The molecule has 2 heterocycles. The van der Waals surface area contributed by atoms with Crippen molar-refractivity contribution in [2.75, 3.05) is 0 Å². The number of para-hydroxylation sites is 2. The van der Waals surface area contributed by atoms with E-state index in [1.54, 1.807) is 32.2 Å². The van der Waals surface area contributed by atoms with Crippen molar-refractivity contribution in [1.82, 2.24) is 25.9 Å². The molecule has 0 aliphatic rings. The molecule has 3 aromatic carbocycles. The number of hydrogen-bond acceptors (Lipinski definition) is 6. The number of nitrogens with two attached hydrogens (primary N) is 1. The Hall–Kier alpha value is -5.62. The topological polar surface area (TPSA) is 202 Å². The first kappa shape index (κ1) is 33.7. The predicted octanol–water partition coefficient (Wildman–Crippen LogP) is 2.91. The molecular weight excluding hydrogens is 612 g/mol. The summed E-state index contributed by atoms with van der Waals surface area (Å²) in [7, 11) is 0. The van der Waals surface area contributed by atoms with E-state index in [4.69, 9.17) is 5.73 Å². The van der Waals surface area contributed by atoms with Crippen molar-refractivity contribution in [3.8, 4) is 5.75 Å². The van der Waals surface area contributed by atoms with Gasteiger partial charge < -0.3 is 41.9 Å². The molecule has 0 spiro atoms. The monoisotopic (exact) mass is 652 g/mol. The summed E-state index contributed by atoms with van der Waals surface area (Å²) in [4.78, 5) is 59.3. The number of carbonyl (C=O) groups is 4. The normalized spacial score (nSPS) is 13.9. The van der Waals surface area contributed by atoms with E-state index in [9.17, 15) is 29.4 Å². The highest BCUT2D eigenvalue weighted by Crippen LogP contribution is 2.21. The Labute approximate surface area is 277 Å². The number of amides is 3. The van der Waals surface area contributed by atoms with Crippen molar-refractivity contribution in [3.63, 3.8) is 0 Å².